The zero-order valence-corrected chi connectivity index (χ0v) is 20.9. The molecule has 0 saturated carbocycles. The minimum Gasteiger partial charge on any atom is -0.477 e. The Hall–Kier alpha value is -2.69. The highest BCUT2D eigenvalue weighted by Crippen LogP contribution is 2.41. The van der Waals surface area contributed by atoms with Crippen LogP contribution in [0, 0.1) is 0 Å². The van der Waals surface area contributed by atoms with E-state index >= 15 is 0 Å². The summed E-state index contributed by atoms with van der Waals surface area (Å²) in [6, 6.07) is -0.906. The molecule has 2 aliphatic rings. The van der Waals surface area contributed by atoms with Crippen molar-refractivity contribution < 1.29 is 24.3 Å². The van der Waals surface area contributed by atoms with E-state index in [1.807, 2.05) is 6.92 Å². The SMILES string of the molecule is CCCO/N=C(/C(=O)NC1C(=O)N2C(C(=O)O)=C(CSc3nncs3)CS[C@H]12)c1csc(N)n1. The van der Waals surface area contributed by atoms with Crippen molar-refractivity contribution in [3.05, 3.63) is 27.9 Å². The van der Waals surface area contributed by atoms with Crippen LogP contribution in [0.15, 0.2) is 31.7 Å². The van der Waals surface area contributed by atoms with E-state index in [9.17, 15) is 19.5 Å². The molecule has 0 spiro atoms. The third-order valence-corrected chi connectivity index (χ3v) is 8.64. The quantitative estimate of drug-likeness (QED) is 0.130. The number of carboxylic acid groups (broad SMARTS) is 1. The molecular formula is C18H19N7O5S4. The lowest BCUT2D eigenvalue weighted by Gasteiger charge is -2.49. The molecule has 1 unspecified atom stereocenters. The Bertz CT molecular complexity index is 1150. The zero-order valence-electron chi connectivity index (χ0n) is 17.7. The predicted octanol–water partition coefficient (Wildman–Crippen LogP) is 1.24. The largest absolute Gasteiger partial charge is 0.477 e. The maximum atomic E-state index is 13.0. The molecule has 2 aromatic heterocycles. The van der Waals surface area contributed by atoms with Crippen LogP contribution in [0.2, 0.25) is 0 Å². The fraction of sp³-hybridized carbons (Fsp3) is 0.389. The molecule has 0 aromatic carbocycles. The number of carbonyl (C=O) groups is 3. The normalized spacial score (nSPS) is 20.1. The smallest absolute Gasteiger partial charge is 0.352 e. The Morgan fingerprint density at radius 2 is 2.26 bits per heavy atom. The van der Waals surface area contributed by atoms with E-state index in [0.29, 0.717) is 34.4 Å². The number of anilines is 1. The molecule has 16 heteroatoms. The Balaban J connectivity index is 1.49. The molecule has 4 heterocycles. The maximum Gasteiger partial charge on any atom is 0.352 e. The monoisotopic (exact) mass is 541 g/mol. The van der Waals surface area contributed by atoms with Gasteiger partial charge in [-0.05, 0) is 12.0 Å². The van der Waals surface area contributed by atoms with Crippen LogP contribution in [0.1, 0.15) is 19.0 Å². The number of hydrogen-bond acceptors (Lipinski definition) is 13. The number of aliphatic carboxylic acids is 1. The predicted molar refractivity (Wildman–Crippen MR) is 130 cm³/mol. The number of amides is 2. The summed E-state index contributed by atoms with van der Waals surface area (Å²) in [6.45, 7) is 2.20. The van der Waals surface area contributed by atoms with E-state index in [-0.39, 0.29) is 22.2 Å². The molecule has 1 fully saturated rings. The van der Waals surface area contributed by atoms with Gasteiger partial charge < -0.3 is 21.0 Å². The lowest BCUT2D eigenvalue weighted by molar-refractivity contribution is -0.150. The molecule has 12 nitrogen and oxygen atoms in total. The third-order valence-electron chi connectivity index (χ3n) is 4.68. The van der Waals surface area contributed by atoms with Gasteiger partial charge in [-0.15, -0.1) is 33.3 Å². The summed E-state index contributed by atoms with van der Waals surface area (Å²) in [6.07, 6.45) is 0.691. The van der Waals surface area contributed by atoms with E-state index in [0.717, 1.165) is 11.3 Å². The number of carboxylic acids is 1. The number of nitrogens with zero attached hydrogens (tertiary/aromatic N) is 5. The maximum absolute atomic E-state index is 13.0. The molecule has 4 rings (SSSR count). The number of β-lactam (4-membered cyclic amide) rings is 1. The fourth-order valence-electron chi connectivity index (χ4n) is 3.18. The minimum absolute atomic E-state index is 0.0521. The molecule has 2 amide bonds. The second kappa shape index (κ2) is 10.7. The Kier molecular flexibility index (Phi) is 7.70. The number of rotatable bonds is 10. The first kappa shape index (κ1) is 24.4. The first-order chi connectivity index (χ1) is 16.4. The lowest BCUT2D eigenvalue weighted by atomic mass is 10.0. The van der Waals surface area contributed by atoms with Crippen molar-refractivity contribution in [2.24, 2.45) is 5.16 Å². The van der Waals surface area contributed by atoms with Gasteiger partial charge in [-0.2, -0.15) is 0 Å². The van der Waals surface area contributed by atoms with Gasteiger partial charge >= 0.3 is 5.97 Å². The van der Waals surface area contributed by atoms with Crippen molar-refractivity contribution in [2.75, 3.05) is 23.8 Å². The van der Waals surface area contributed by atoms with Crippen molar-refractivity contribution in [3.8, 4) is 0 Å². The third kappa shape index (κ3) is 5.03. The fourth-order valence-corrected chi connectivity index (χ4v) is 6.70. The van der Waals surface area contributed by atoms with Gasteiger partial charge in [-0.25, -0.2) is 9.78 Å². The topological polar surface area (TPSA) is 173 Å². The van der Waals surface area contributed by atoms with E-state index in [2.05, 4.69) is 25.7 Å². The summed E-state index contributed by atoms with van der Waals surface area (Å²) in [5.41, 5.74) is 7.97. The number of hydrogen-bond donors (Lipinski definition) is 3. The molecule has 180 valence electrons. The van der Waals surface area contributed by atoms with Gasteiger partial charge in [0.15, 0.2) is 15.2 Å². The van der Waals surface area contributed by atoms with Crippen molar-refractivity contribution in [3.63, 3.8) is 0 Å². The van der Waals surface area contributed by atoms with Crippen LogP contribution in [0.25, 0.3) is 0 Å². The standard InChI is InChI=1S/C18H19N7O5S4/c1-2-3-30-24-10(9-6-32-17(19)21-9)13(26)22-11-14(27)25-12(16(28)29)8(4-31-15(11)25)5-33-18-23-20-7-34-18/h6-7,11,15H,2-5H2,1H3,(H2,19,21)(H,22,26)(H,28,29)/b24-10+/t11?,15-/m1/s1. The van der Waals surface area contributed by atoms with Crippen LogP contribution in [0.4, 0.5) is 5.13 Å². The number of carbonyl (C=O) groups excluding carboxylic acids is 2. The number of nitrogens with two attached hydrogens (primary N) is 1. The van der Waals surface area contributed by atoms with Crippen LogP contribution in [0.5, 0.6) is 0 Å². The van der Waals surface area contributed by atoms with Gasteiger partial charge in [0, 0.05) is 16.9 Å². The van der Waals surface area contributed by atoms with Gasteiger partial charge in [0.2, 0.25) is 0 Å². The number of nitrogens with one attached hydrogen (secondary N) is 1. The number of oxime groups is 1. The van der Waals surface area contributed by atoms with Gasteiger partial charge in [0.25, 0.3) is 11.8 Å². The van der Waals surface area contributed by atoms with E-state index < -0.39 is 29.2 Å². The molecule has 0 aliphatic carbocycles. The Labute approximate surface area is 210 Å². The highest BCUT2D eigenvalue weighted by molar-refractivity contribution is 8.01. The molecule has 0 radical (unpaired) electrons. The highest BCUT2D eigenvalue weighted by atomic mass is 32.2. The van der Waals surface area contributed by atoms with Gasteiger partial charge in [-0.3, -0.25) is 14.5 Å². The van der Waals surface area contributed by atoms with Crippen LogP contribution >= 0.6 is 46.2 Å². The van der Waals surface area contributed by atoms with E-state index in [1.54, 1.807) is 10.9 Å². The molecule has 2 atom stereocenters. The molecule has 1 saturated heterocycles. The van der Waals surface area contributed by atoms with Crippen molar-refractivity contribution in [1.29, 1.82) is 0 Å². The Morgan fingerprint density at radius 3 is 2.91 bits per heavy atom. The second-order valence-corrected chi connectivity index (χ2v) is 11.0. The Morgan fingerprint density at radius 1 is 1.44 bits per heavy atom. The molecule has 0 bridgehead atoms. The number of nitrogen functional groups attached to an aromatic ring is 1. The number of thioether (sulfide) groups is 2. The minimum atomic E-state index is -1.19. The van der Waals surface area contributed by atoms with Crippen molar-refractivity contribution >= 4 is 74.8 Å². The molecular weight excluding hydrogens is 523 g/mol. The number of thiazole rings is 1. The summed E-state index contributed by atoms with van der Waals surface area (Å²) in [5.74, 6) is -1.58. The van der Waals surface area contributed by atoms with Crippen LogP contribution < -0.4 is 11.1 Å². The average molecular weight is 542 g/mol. The summed E-state index contributed by atoms with van der Waals surface area (Å²) in [5, 5.41) is 25.3. The first-order valence-electron chi connectivity index (χ1n) is 9.91. The molecule has 34 heavy (non-hydrogen) atoms. The summed E-state index contributed by atoms with van der Waals surface area (Å²) in [4.78, 5) is 48.3. The highest BCUT2D eigenvalue weighted by Gasteiger charge is 2.54. The average Bonchev–Trinajstić information content (AvgIpc) is 3.49. The molecule has 2 aromatic rings. The van der Waals surface area contributed by atoms with Gasteiger partial charge in [0.1, 0.15) is 34.9 Å². The van der Waals surface area contributed by atoms with Crippen molar-refractivity contribution in [1.82, 2.24) is 25.4 Å². The van der Waals surface area contributed by atoms with Crippen molar-refractivity contribution in [2.45, 2.75) is 29.1 Å². The second-order valence-electron chi connectivity index (χ2n) is 6.96. The molecule has 2 aliphatic heterocycles. The summed E-state index contributed by atoms with van der Waals surface area (Å²) < 4.78 is 0.712. The molecule has 4 N–H and O–H groups in total. The lowest BCUT2D eigenvalue weighted by Crippen LogP contribution is -2.71. The first-order valence-corrected chi connectivity index (χ1v) is 13.7. The van der Waals surface area contributed by atoms with Gasteiger partial charge in [-0.1, -0.05) is 35.2 Å². The van der Waals surface area contributed by atoms with E-state index in [4.69, 9.17) is 10.6 Å². The summed E-state index contributed by atoms with van der Waals surface area (Å²) in [7, 11) is 0. The van der Waals surface area contributed by atoms with Crippen LogP contribution in [-0.4, -0.2) is 78.2 Å². The zero-order chi connectivity index (χ0) is 24.2. The van der Waals surface area contributed by atoms with E-state index in [1.165, 1.54) is 39.8 Å². The van der Waals surface area contributed by atoms with Crippen LogP contribution in [0.3, 0.4) is 0 Å². The summed E-state index contributed by atoms with van der Waals surface area (Å²) >= 11 is 5.25. The van der Waals surface area contributed by atoms with Crippen LogP contribution in [-0.2, 0) is 19.2 Å². The number of fused-ring (bicyclic) bond motifs is 1. The number of aromatic nitrogens is 3. The van der Waals surface area contributed by atoms with Gasteiger partial charge in [0.05, 0.1) is 0 Å².